The number of fused-ring (bicyclic) bond motifs is 2. The van der Waals surface area contributed by atoms with E-state index in [-0.39, 0.29) is 17.2 Å². The first-order chi connectivity index (χ1) is 10.8. The van der Waals surface area contributed by atoms with Gasteiger partial charge in [-0.3, -0.25) is 4.79 Å². The molecule has 0 spiro atoms. The van der Waals surface area contributed by atoms with Gasteiger partial charge >= 0.3 is 6.18 Å². The molecule has 0 aliphatic carbocycles. The number of amides is 1. The Hall–Kier alpha value is -1.56. The molecule has 0 saturated carbocycles. The number of anilines is 1. The van der Waals surface area contributed by atoms with Crippen LogP contribution in [0.15, 0.2) is 18.2 Å². The monoisotopic (exact) mass is 326 g/mol. The molecule has 2 N–H and O–H groups in total. The maximum Gasteiger partial charge on any atom is 0.416 e. The van der Waals surface area contributed by atoms with E-state index in [0.29, 0.717) is 24.4 Å². The van der Waals surface area contributed by atoms with Gasteiger partial charge in [-0.2, -0.15) is 13.2 Å². The van der Waals surface area contributed by atoms with Gasteiger partial charge in [0.25, 0.3) is 0 Å². The highest BCUT2D eigenvalue weighted by Crippen LogP contribution is 2.35. The molecule has 3 nitrogen and oxygen atoms in total. The highest BCUT2D eigenvalue weighted by Gasteiger charge is 2.35. The van der Waals surface area contributed by atoms with Gasteiger partial charge in [0.2, 0.25) is 5.91 Å². The van der Waals surface area contributed by atoms with Crippen LogP contribution in [-0.2, 0) is 11.0 Å². The fraction of sp³-hybridized carbons (Fsp3) is 0.588. The van der Waals surface area contributed by atoms with Crippen LogP contribution in [0.25, 0.3) is 0 Å². The van der Waals surface area contributed by atoms with Crippen molar-refractivity contribution in [3.8, 4) is 0 Å². The molecule has 2 atom stereocenters. The molecule has 1 aromatic rings. The average molecular weight is 326 g/mol. The molecule has 1 amide bonds. The summed E-state index contributed by atoms with van der Waals surface area (Å²) < 4.78 is 38.7. The first kappa shape index (κ1) is 16.3. The summed E-state index contributed by atoms with van der Waals surface area (Å²) in [6.45, 7) is 1.39. The summed E-state index contributed by atoms with van der Waals surface area (Å²) in [6, 6.07) is 4.89. The second-order valence-corrected chi connectivity index (χ2v) is 6.70. The van der Waals surface area contributed by atoms with Gasteiger partial charge in [0, 0.05) is 24.2 Å². The minimum absolute atomic E-state index is 0.0683. The van der Waals surface area contributed by atoms with Gasteiger partial charge in [0.05, 0.1) is 5.56 Å². The molecule has 2 saturated heterocycles. The third kappa shape index (κ3) is 3.68. The fourth-order valence-electron chi connectivity index (χ4n) is 3.88. The van der Waals surface area contributed by atoms with E-state index in [2.05, 4.69) is 10.6 Å². The number of benzene rings is 1. The number of halogens is 3. The summed E-state index contributed by atoms with van der Waals surface area (Å²) in [5, 5.41) is 6.18. The summed E-state index contributed by atoms with van der Waals surface area (Å²) in [5.74, 6) is 0.124. The lowest BCUT2D eigenvalue weighted by Crippen LogP contribution is -2.39. The first-order valence-corrected chi connectivity index (χ1v) is 8.05. The molecule has 23 heavy (non-hydrogen) atoms. The zero-order valence-electron chi connectivity index (χ0n) is 13.0. The number of nitrogens with one attached hydrogen (secondary N) is 2. The number of hydrogen-bond acceptors (Lipinski definition) is 2. The van der Waals surface area contributed by atoms with E-state index in [4.69, 9.17) is 0 Å². The summed E-state index contributed by atoms with van der Waals surface area (Å²) in [6.07, 6.45) is 0.255. The lowest BCUT2D eigenvalue weighted by Gasteiger charge is -2.28. The molecule has 1 aromatic carbocycles. The second kappa shape index (κ2) is 6.15. The van der Waals surface area contributed by atoms with E-state index in [9.17, 15) is 18.0 Å². The molecule has 0 aromatic heterocycles. The Balaban J connectivity index is 1.64. The van der Waals surface area contributed by atoms with Crippen LogP contribution in [0.1, 0.15) is 43.2 Å². The average Bonchev–Trinajstić information content (AvgIpc) is 2.79. The zero-order valence-corrected chi connectivity index (χ0v) is 13.0. The number of rotatable bonds is 3. The van der Waals surface area contributed by atoms with Crippen molar-refractivity contribution in [3.63, 3.8) is 0 Å². The molecular weight excluding hydrogens is 305 g/mol. The Morgan fingerprint density at radius 2 is 1.91 bits per heavy atom. The van der Waals surface area contributed by atoms with Crippen LogP contribution in [0, 0.1) is 12.8 Å². The highest BCUT2D eigenvalue weighted by molar-refractivity contribution is 5.91. The molecule has 2 aliphatic rings. The van der Waals surface area contributed by atoms with Crippen molar-refractivity contribution in [2.45, 2.75) is 57.3 Å². The summed E-state index contributed by atoms with van der Waals surface area (Å²) >= 11 is 0. The van der Waals surface area contributed by atoms with Crippen molar-refractivity contribution in [2.75, 3.05) is 5.32 Å². The standard InChI is InChI=1S/C17H21F3N2O/c1-10-14(17(18,19)20)3-2-4-15(10)22-16(23)9-11-7-12-5-6-13(8-11)21-12/h2-4,11-13,21H,5-9H2,1H3,(H,22,23). The van der Waals surface area contributed by atoms with Gasteiger partial charge in [0.1, 0.15) is 0 Å². The number of alkyl halides is 3. The van der Waals surface area contributed by atoms with Crippen LogP contribution in [-0.4, -0.2) is 18.0 Å². The summed E-state index contributed by atoms with van der Waals surface area (Å²) in [4.78, 5) is 12.2. The van der Waals surface area contributed by atoms with E-state index in [1.807, 2.05) is 0 Å². The van der Waals surface area contributed by atoms with Gasteiger partial charge in [-0.1, -0.05) is 6.07 Å². The van der Waals surface area contributed by atoms with E-state index in [1.54, 1.807) is 0 Å². The van der Waals surface area contributed by atoms with Crippen molar-refractivity contribution < 1.29 is 18.0 Å². The lowest BCUT2D eigenvalue weighted by atomic mass is 9.89. The molecule has 2 unspecified atom stereocenters. The Morgan fingerprint density at radius 1 is 1.26 bits per heavy atom. The van der Waals surface area contributed by atoms with Gasteiger partial charge in [-0.25, -0.2) is 0 Å². The summed E-state index contributed by atoms with van der Waals surface area (Å²) in [5.41, 5.74) is -0.379. The van der Waals surface area contributed by atoms with E-state index in [1.165, 1.54) is 19.1 Å². The van der Waals surface area contributed by atoms with E-state index < -0.39 is 11.7 Å². The third-order valence-corrected chi connectivity index (χ3v) is 4.96. The van der Waals surface area contributed by atoms with Crippen LogP contribution >= 0.6 is 0 Å². The maximum atomic E-state index is 12.9. The second-order valence-electron chi connectivity index (χ2n) is 6.70. The van der Waals surface area contributed by atoms with E-state index in [0.717, 1.165) is 31.7 Å². The maximum absolute atomic E-state index is 12.9. The Bertz CT molecular complexity index is 588. The zero-order chi connectivity index (χ0) is 16.6. The largest absolute Gasteiger partial charge is 0.416 e. The number of carbonyl (C=O) groups is 1. The number of carbonyl (C=O) groups excluding carboxylic acids is 1. The van der Waals surface area contributed by atoms with Crippen molar-refractivity contribution in [1.29, 1.82) is 0 Å². The number of hydrogen-bond donors (Lipinski definition) is 2. The quantitative estimate of drug-likeness (QED) is 0.885. The van der Waals surface area contributed by atoms with Gasteiger partial charge in [0.15, 0.2) is 0 Å². The molecule has 6 heteroatoms. The molecule has 0 radical (unpaired) electrons. The Morgan fingerprint density at radius 3 is 2.52 bits per heavy atom. The molecule has 2 bridgehead atoms. The SMILES string of the molecule is Cc1c(NC(=O)CC2CC3CCC(C2)N3)cccc1C(F)(F)F. The Labute approximate surface area is 133 Å². The molecule has 2 aliphatic heterocycles. The molecule has 2 fully saturated rings. The normalized spacial score (nSPS) is 27.0. The molecule has 2 heterocycles. The number of piperidine rings is 1. The Kier molecular flexibility index (Phi) is 4.36. The molecule has 126 valence electrons. The smallest absolute Gasteiger partial charge is 0.326 e. The van der Waals surface area contributed by atoms with Crippen LogP contribution in [0.5, 0.6) is 0 Å². The van der Waals surface area contributed by atoms with Crippen LogP contribution < -0.4 is 10.6 Å². The first-order valence-electron chi connectivity index (χ1n) is 8.05. The van der Waals surface area contributed by atoms with Crippen molar-refractivity contribution in [2.24, 2.45) is 5.92 Å². The van der Waals surface area contributed by atoms with Gasteiger partial charge < -0.3 is 10.6 Å². The van der Waals surface area contributed by atoms with Crippen LogP contribution in [0.4, 0.5) is 18.9 Å². The van der Waals surface area contributed by atoms with Crippen molar-refractivity contribution in [1.82, 2.24) is 5.32 Å². The van der Waals surface area contributed by atoms with Crippen LogP contribution in [0.2, 0.25) is 0 Å². The molecule has 3 rings (SSSR count). The minimum atomic E-state index is -4.40. The predicted octanol–water partition coefficient (Wildman–Crippen LogP) is 3.87. The summed E-state index contributed by atoms with van der Waals surface area (Å²) in [7, 11) is 0. The highest BCUT2D eigenvalue weighted by atomic mass is 19.4. The van der Waals surface area contributed by atoms with Crippen molar-refractivity contribution in [3.05, 3.63) is 29.3 Å². The lowest BCUT2D eigenvalue weighted by molar-refractivity contribution is -0.138. The van der Waals surface area contributed by atoms with Gasteiger partial charge in [-0.05, 0) is 56.2 Å². The molecular formula is C17H21F3N2O. The van der Waals surface area contributed by atoms with E-state index >= 15 is 0 Å². The fourth-order valence-corrected chi connectivity index (χ4v) is 3.88. The predicted molar refractivity (Wildman–Crippen MR) is 82.1 cm³/mol. The third-order valence-electron chi connectivity index (χ3n) is 4.96. The van der Waals surface area contributed by atoms with Crippen molar-refractivity contribution >= 4 is 11.6 Å². The van der Waals surface area contributed by atoms with Gasteiger partial charge in [-0.15, -0.1) is 0 Å². The minimum Gasteiger partial charge on any atom is -0.326 e. The topological polar surface area (TPSA) is 41.1 Å². The van der Waals surface area contributed by atoms with Crippen LogP contribution in [0.3, 0.4) is 0 Å².